The van der Waals surface area contributed by atoms with Crippen LogP contribution in [0.4, 0.5) is 0 Å². The molecular weight excluding hydrogens is 260 g/mol. The highest BCUT2D eigenvalue weighted by Gasteiger charge is 2.33. The van der Waals surface area contributed by atoms with Gasteiger partial charge in [-0.1, -0.05) is 51.1 Å². The van der Waals surface area contributed by atoms with Crippen molar-refractivity contribution in [1.29, 1.82) is 0 Å². The molecule has 21 heavy (non-hydrogen) atoms. The minimum absolute atomic E-state index is 0.174. The molecule has 0 aromatic heterocycles. The lowest BCUT2D eigenvalue weighted by atomic mass is 9.89. The third-order valence-electron chi connectivity index (χ3n) is 4.71. The molecule has 2 rings (SSSR count). The molecule has 1 aromatic carbocycles. The number of nitrogens with two attached hydrogens (primary N) is 1. The lowest BCUT2D eigenvalue weighted by Crippen LogP contribution is -2.49. The van der Waals surface area contributed by atoms with E-state index in [1.54, 1.807) is 0 Å². The van der Waals surface area contributed by atoms with Gasteiger partial charge in [-0.05, 0) is 30.7 Å². The van der Waals surface area contributed by atoms with E-state index in [-0.39, 0.29) is 17.9 Å². The first-order valence-electron chi connectivity index (χ1n) is 8.13. The quantitative estimate of drug-likeness (QED) is 0.923. The molecule has 0 radical (unpaired) electrons. The first kappa shape index (κ1) is 16.0. The maximum absolute atomic E-state index is 12.9. The number of rotatable bonds is 4. The van der Waals surface area contributed by atoms with E-state index in [9.17, 15) is 4.79 Å². The van der Waals surface area contributed by atoms with Gasteiger partial charge in [0.15, 0.2) is 0 Å². The average molecular weight is 288 g/mol. The van der Waals surface area contributed by atoms with Crippen molar-refractivity contribution in [3.8, 4) is 0 Å². The van der Waals surface area contributed by atoms with Crippen LogP contribution in [0.3, 0.4) is 0 Å². The van der Waals surface area contributed by atoms with Crippen LogP contribution in [-0.4, -0.2) is 23.4 Å². The van der Waals surface area contributed by atoms with Crippen molar-refractivity contribution < 1.29 is 4.79 Å². The summed E-state index contributed by atoms with van der Waals surface area (Å²) in [5.74, 6) is 0.547. The molecule has 3 atom stereocenters. The molecule has 1 aliphatic rings. The van der Waals surface area contributed by atoms with Crippen molar-refractivity contribution >= 4 is 5.91 Å². The summed E-state index contributed by atoms with van der Waals surface area (Å²) >= 11 is 0. The minimum atomic E-state index is -0.228. The highest BCUT2D eigenvalue weighted by atomic mass is 16.2. The predicted octanol–water partition coefficient (Wildman–Crippen LogP) is 3.36. The summed E-state index contributed by atoms with van der Waals surface area (Å²) in [7, 11) is 0. The van der Waals surface area contributed by atoms with Crippen molar-refractivity contribution in [3.05, 3.63) is 35.9 Å². The SMILES string of the molecule is CC(C)C1CCCCN1C(=O)C(C)C(N)c1ccccc1. The van der Waals surface area contributed by atoms with Gasteiger partial charge in [0.1, 0.15) is 0 Å². The summed E-state index contributed by atoms with van der Waals surface area (Å²) in [6, 6.07) is 10.1. The fourth-order valence-corrected chi connectivity index (χ4v) is 3.30. The molecule has 3 unspecified atom stereocenters. The lowest BCUT2D eigenvalue weighted by Gasteiger charge is -2.40. The number of carbonyl (C=O) groups is 1. The van der Waals surface area contributed by atoms with E-state index in [0.29, 0.717) is 12.0 Å². The zero-order valence-corrected chi connectivity index (χ0v) is 13.5. The number of carbonyl (C=O) groups excluding carboxylic acids is 1. The van der Waals surface area contributed by atoms with Crippen LogP contribution in [-0.2, 0) is 4.79 Å². The largest absolute Gasteiger partial charge is 0.339 e. The fourth-order valence-electron chi connectivity index (χ4n) is 3.30. The molecule has 1 heterocycles. The van der Waals surface area contributed by atoms with Crippen LogP contribution in [0.1, 0.15) is 51.6 Å². The Morgan fingerprint density at radius 3 is 2.48 bits per heavy atom. The second-order valence-corrected chi connectivity index (χ2v) is 6.56. The number of hydrogen-bond acceptors (Lipinski definition) is 2. The maximum Gasteiger partial charge on any atom is 0.227 e. The van der Waals surface area contributed by atoms with Gasteiger partial charge in [-0.25, -0.2) is 0 Å². The Labute approximate surface area is 128 Å². The van der Waals surface area contributed by atoms with E-state index in [1.807, 2.05) is 37.3 Å². The van der Waals surface area contributed by atoms with Gasteiger partial charge in [0.25, 0.3) is 0 Å². The number of likely N-dealkylation sites (tertiary alicyclic amines) is 1. The predicted molar refractivity (Wildman–Crippen MR) is 86.7 cm³/mol. The number of piperidine rings is 1. The van der Waals surface area contributed by atoms with Crippen molar-refractivity contribution in [2.24, 2.45) is 17.6 Å². The van der Waals surface area contributed by atoms with Gasteiger partial charge in [0.2, 0.25) is 5.91 Å². The van der Waals surface area contributed by atoms with E-state index in [2.05, 4.69) is 18.7 Å². The van der Waals surface area contributed by atoms with Crippen LogP contribution in [0.15, 0.2) is 30.3 Å². The molecule has 1 aliphatic heterocycles. The normalized spacial score (nSPS) is 22.1. The van der Waals surface area contributed by atoms with E-state index >= 15 is 0 Å². The molecule has 2 N–H and O–H groups in total. The minimum Gasteiger partial charge on any atom is -0.339 e. The van der Waals surface area contributed by atoms with Crippen molar-refractivity contribution in [2.45, 2.75) is 52.1 Å². The van der Waals surface area contributed by atoms with Crippen LogP contribution in [0.5, 0.6) is 0 Å². The van der Waals surface area contributed by atoms with Crippen molar-refractivity contribution in [2.75, 3.05) is 6.54 Å². The van der Waals surface area contributed by atoms with Crippen LogP contribution >= 0.6 is 0 Å². The Kier molecular flexibility index (Phi) is 5.40. The number of hydrogen-bond donors (Lipinski definition) is 1. The Morgan fingerprint density at radius 1 is 1.19 bits per heavy atom. The number of benzene rings is 1. The van der Waals surface area contributed by atoms with Crippen molar-refractivity contribution in [3.63, 3.8) is 0 Å². The second kappa shape index (κ2) is 7.08. The maximum atomic E-state index is 12.9. The lowest BCUT2D eigenvalue weighted by molar-refractivity contribution is -0.140. The molecule has 0 spiro atoms. The zero-order valence-electron chi connectivity index (χ0n) is 13.5. The highest BCUT2D eigenvalue weighted by molar-refractivity contribution is 5.80. The van der Waals surface area contributed by atoms with E-state index in [4.69, 9.17) is 5.73 Å². The molecule has 3 nitrogen and oxygen atoms in total. The van der Waals surface area contributed by atoms with E-state index in [1.165, 1.54) is 6.42 Å². The van der Waals surface area contributed by atoms with Crippen LogP contribution < -0.4 is 5.73 Å². The summed E-state index contributed by atoms with van der Waals surface area (Å²) in [6.07, 6.45) is 3.46. The van der Waals surface area contributed by atoms with Gasteiger partial charge in [-0.3, -0.25) is 4.79 Å². The molecule has 0 saturated carbocycles. The summed E-state index contributed by atoms with van der Waals surface area (Å²) in [5.41, 5.74) is 7.36. The standard InChI is InChI=1S/C18H28N2O/c1-13(2)16-11-7-8-12-20(16)18(21)14(3)17(19)15-9-5-4-6-10-15/h4-6,9-10,13-14,16-17H,7-8,11-12,19H2,1-3H3. The summed E-state index contributed by atoms with van der Waals surface area (Å²) < 4.78 is 0. The average Bonchev–Trinajstić information content (AvgIpc) is 2.53. The van der Waals surface area contributed by atoms with Gasteiger partial charge in [-0.2, -0.15) is 0 Å². The molecule has 3 heteroatoms. The van der Waals surface area contributed by atoms with Crippen LogP contribution in [0.25, 0.3) is 0 Å². The summed E-state index contributed by atoms with van der Waals surface area (Å²) in [4.78, 5) is 15.0. The van der Waals surface area contributed by atoms with Crippen LogP contribution in [0.2, 0.25) is 0 Å². The topological polar surface area (TPSA) is 46.3 Å². The second-order valence-electron chi connectivity index (χ2n) is 6.56. The monoisotopic (exact) mass is 288 g/mol. The zero-order chi connectivity index (χ0) is 15.4. The van der Waals surface area contributed by atoms with Gasteiger partial charge < -0.3 is 10.6 Å². The molecule has 0 aliphatic carbocycles. The smallest absolute Gasteiger partial charge is 0.227 e. The third kappa shape index (κ3) is 3.65. The number of nitrogens with zero attached hydrogens (tertiary/aromatic N) is 1. The number of amides is 1. The molecule has 1 aromatic rings. The van der Waals surface area contributed by atoms with Gasteiger partial charge in [0, 0.05) is 18.6 Å². The Morgan fingerprint density at radius 2 is 1.86 bits per heavy atom. The third-order valence-corrected chi connectivity index (χ3v) is 4.71. The molecule has 0 bridgehead atoms. The molecule has 1 saturated heterocycles. The van der Waals surface area contributed by atoms with Gasteiger partial charge in [0.05, 0.1) is 5.92 Å². The van der Waals surface area contributed by atoms with Gasteiger partial charge >= 0.3 is 0 Å². The Hall–Kier alpha value is -1.35. The Balaban J connectivity index is 2.10. The van der Waals surface area contributed by atoms with E-state index < -0.39 is 0 Å². The van der Waals surface area contributed by atoms with Crippen LogP contribution in [0, 0.1) is 11.8 Å². The fraction of sp³-hybridized carbons (Fsp3) is 0.611. The Bertz CT molecular complexity index is 458. The molecule has 1 amide bonds. The first-order valence-corrected chi connectivity index (χ1v) is 8.13. The first-order chi connectivity index (χ1) is 10.0. The van der Waals surface area contributed by atoms with Gasteiger partial charge in [-0.15, -0.1) is 0 Å². The summed E-state index contributed by atoms with van der Waals surface area (Å²) in [5, 5.41) is 0. The highest BCUT2D eigenvalue weighted by Crippen LogP contribution is 2.28. The molecular formula is C18H28N2O. The molecule has 116 valence electrons. The van der Waals surface area contributed by atoms with Crippen molar-refractivity contribution in [1.82, 2.24) is 4.90 Å². The summed E-state index contributed by atoms with van der Waals surface area (Å²) in [6.45, 7) is 7.26. The van der Waals surface area contributed by atoms with E-state index in [0.717, 1.165) is 24.9 Å². The molecule has 1 fully saturated rings.